The lowest BCUT2D eigenvalue weighted by atomic mass is 10.0. The number of nitrogens with two attached hydrogens (primary N) is 1. The van der Waals surface area contributed by atoms with Crippen LogP contribution in [0.4, 0.5) is 9.18 Å². The van der Waals surface area contributed by atoms with Gasteiger partial charge in [0.25, 0.3) is 0 Å². The first-order valence-electron chi connectivity index (χ1n) is 10.2. The predicted molar refractivity (Wildman–Crippen MR) is 113 cm³/mol. The zero-order chi connectivity index (χ0) is 22.1. The summed E-state index contributed by atoms with van der Waals surface area (Å²) in [5.74, 6) is -1.24. The third-order valence-electron chi connectivity index (χ3n) is 5.42. The van der Waals surface area contributed by atoms with Crippen molar-refractivity contribution in [2.45, 2.75) is 38.8 Å². The smallest absolute Gasteiger partial charge is 0.410 e. The van der Waals surface area contributed by atoms with Gasteiger partial charge in [-0.3, -0.25) is 14.5 Å². The highest BCUT2D eigenvalue weighted by Crippen LogP contribution is 2.29. The van der Waals surface area contributed by atoms with E-state index in [1.807, 2.05) is 18.5 Å². The number of nitrogens with zero attached hydrogens (tertiary/aromatic N) is 4. The number of hydrogen-bond donors (Lipinski definition) is 1. The van der Waals surface area contributed by atoms with Crippen LogP contribution in [0.5, 0.6) is 0 Å². The van der Waals surface area contributed by atoms with Crippen molar-refractivity contribution in [1.29, 1.82) is 0 Å². The molecular formula is C22H24FN5O3. The Hall–Kier alpha value is -3.49. The quantitative estimate of drug-likeness (QED) is 0.689. The van der Waals surface area contributed by atoms with Crippen LogP contribution in [-0.2, 0) is 4.74 Å². The van der Waals surface area contributed by atoms with E-state index in [1.165, 1.54) is 12.1 Å². The van der Waals surface area contributed by atoms with E-state index in [2.05, 4.69) is 10.1 Å². The van der Waals surface area contributed by atoms with Crippen molar-refractivity contribution in [2.24, 2.45) is 5.73 Å². The summed E-state index contributed by atoms with van der Waals surface area (Å²) < 4.78 is 21.7. The van der Waals surface area contributed by atoms with E-state index in [0.29, 0.717) is 18.8 Å². The Morgan fingerprint density at radius 3 is 2.58 bits per heavy atom. The van der Waals surface area contributed by atoms with Crippen molar-refractivity contribution in [2.75, 3.05) is 13.1 Å². The number of hydrogen-bond acceptors (Lipinski definition) is 5. The summed E-state index contributed by atoms with van der Waals surface area (Å²) in [6.07, 6.45) is 4.50. The molecule has 2 aromatic heterocycles. The zero-order valence-electron chi connectivity index (χ0n) is 17.4. The molecule has 8 nitrogen and oxygen atoms in total. The monoisotopic (exact) mass is 425 g/mol. The summed E-state index contributed by atoms with van der Waals surface area (Å²) in [5.41, 5.74) is 6.90. The van der Waals surface area contributed by atoms with Crippen LogP contribution in [0.2, 0.25) is 0 Å². The Balaban J connectivity index is 1.52. The van der Waals surface area contributed by atoms with Crippen molar-refractivity contribution in [3.05, 3.63) is 48.0 Å². The van der Waals surface area contributed by atoms with Gasteiger partial charge in [0.05, 0.1) is 35.8 Å². The molecule has 2 N–H and O–H groups in total. The van der Waals surface area contributed by atoms with E-state index in [4.69, 9.17) is 10.5 Å². The summed E-state index contributed by atoms with van der Waals surface area (Å²) in [7, 11) is 0. The number of halogens is 1. The number of fused-ring (bicyclic) bond motifs is 1. The molecule has 0 radical (unpaired) electrons. The fraction of sp³-hybridized carbons (Fsp3) is 0.364. The minimum absolute atomic E-state index is 0.110. The Labute approximate surface area is 178 Å². The molecule has 0 aliphatic carbocycles. The van der Waals surface area contributed by atoms with Gasteiger partial charge in [-0.15, -0.1) is 0 Å². The molecule has 1 aromatic carbocycles. The number of benzene rings is 1. The minimum atomic E-state index is -0.682. The maximum absolute atomic E-state index is 14.5. The molecule has 2 amide bonds. The lowest BCUT2D eigenvalue weighted by molar-refractivity contribution is 0.0656. The molecule has 3 heterocycles. The summed E-state index contributed by atoms with van der Waals surface area (Å²) in [6, 6.07) is 6.01. The molecular weight excluding hydrogens is 401 g/mol. The molecule has 1 fully saturated rings. The van der Waals surface area contributed by atoms with Crippen molar-refractivity contribution >= 4 is 22.9 Å². The predicted octanol–water partition coefficient (Wildman–Crippen LogP) is 3.52. The maximum atomic E-state index is 14.5. The molecule has 0 unspecified atom stereocenters. The average Bonchev–Trinajstić information content (AvgIpc) is 3.16. The summed E-state index contributed by atoms with van der Waals surface area (Å²) in [6.45, 7) is 4.86. The first-order chi connectivity index (χ1) is 14.8. The number of amides is 2. The van der Waals surface area contributed by atoms with Crippen LogP contribution in [0.25, 0.3) is 22.2 Å². The van der Waals surface area contributed by atoms with Crippen molar-refractivity contribution in [3.8, 4) is 11.3 Å². The largest absolute Gasteiger partial charge is 0.447 e. The van der Waals surface area contributed by atoms with Crippen LogP contribution in [0, 0.1) is 5.82 Å². The lowest BCUT2D eigenvalue weighted by Crippen LogP contribution is -2.40. The Morgan fingerprint density at radius 1 is 1.19 bits per heavy atom. The van der Waals surface area contributed by atoms with Crippen LogP contribution in [-0.4, -0.2) is 50.9 Å². The minimum Gasteiger partial charge on any atom is -0.447 e. The molecule has 162 valence electrons. The van der Waals surface area contributed by atoms with E-state index in [0.717, 1.165) is 29.8 Å². The third-order valence-corrected chi connectivity index (χ3v) is 5.42. The van der Waals surface area contributed by atoms with E-state index in [-0.39, 0.29) is 29.4 Å². The number of rotatable bonds is 4. The molecule has 1 aliphatic heterocycles. The average molecular weight is 425 g/mol. The molecule has 1 aliphatic rings. The molecule has 0 bridgehead atoms. The van der Waals surface area contributed by atoms with Crippen LogP contribution < -0.4 is 5.73 Å². The van der Waals surface area contributed by atoms with Gasteiger partial charge in [-0.25, -0.2) is 9.18 Å². The van der Waals surface area contributed by atoms with Gasteiger partial charge in [-0.05, 0) is 51.0 Å². The third kappa shape index (κ3) is 4.21. The Bertz CT molecular complexity index is 1140. The molecule has 1 saturated heterocycles. The Kier molecular flexibility index (Phi) is 5.58. The maximum Gasteiger partial charge on any atom is 0.410 e. The zero-order valence-corrected chi connectivity index (χ0v) is 17.4. The second kappa shape index (κ2) is 8.33. The van der Waals surface area contributed by atoms with E-state index >= 15 is 0 Å². The van der Waals surface area contributed by atoms with Gasteiger partial charge in [0.1, 0.15) is 5.82 Å². The van der Waals surface area contributed by atoms with Crippen molar-refractivity contribution in [1.82, 2.24) is 19.7 Å². The first kappa shape index (κ1) is 20.8. The highest BCUT2D eigenvalue weighted by atomic mass is 19.1. The summed E-state index contributed by atoms with van der Waals surface area (Å²) in [5, 5.41) is 5.36. The summed E-state index contributed by atoms with van der Waals surface area (Å²) >= 11 is 0. The first-order valence-corrected chi connectivity index (χ1v) is 10.2. The number of primary amides is 1. The van der Waals surface area contributed by atoms with Gasteiger partial charge < -0.3 is 15.4 Å². The van der Waals surface area contributed by atoms with Crippen LogP contribution in [0.3, 0.4) is 0 Å². The molecule has 0 spiro atoms. The topological polar surface area (TPSA) is 103 Å². The molecule has 0 atom stereocenters. The number of carbonyl (C=O) groups excluding carboxylic acids is 2. The van der Waals surface area contributed by atoms with E-state index in [9.17, 15) is 14.0 Å². The molecule has 31 heavy (non-hydrogen) atoms. The normalized spacial score (nSPS) is 14.9. The molecule has 9 heteroatoms. The van der Waals surface area contributed by atoms with Gasteiger partial charge in [0, 0.05) is 29.6 Å². The van der Waals surface area contributed by atoms with Crippen molar-refractivity contribution in [3.63, 3.8) is 0 Å². The molecule has 4 rings (SSSR count). The molecule has 3 aromatic rings. The van der Waals surface area contributed by atoms with Gasteiger partial charge in [0.15, 0.2) is 0 Å². The highest BCUT2D eigenvalue weighted by molar-refractivity contribution is 5.93. The fourth-order valence-electron chi connectivity index (χ4n) is 3.83. The highest BCUT2D eigenvalue weighted by Gasteiger charge is 2.26. The SMILES string of the molecule is CC(C)OC(=O)N1CCC(n2ncc3cc(-c4ccc(C(N)=O)cc4F)ncc32)CC1. The van der Waals surface area contributed by atoms with Gasteiger partial charge in [0.2, 0.25) is 5.91 Å². The van der Waals surface area contributed by atoms with Crippen LogP contribution in [0.1, 0.15) is 43.1 Å². The van der Waals surface area contributed by atoms with E-state index in [1.54, 1.807) is 23.4 Å². The van der Waals surface area contributed by atoms with Crippen LogP contribution >= 0.6 is 0 Å². The Morgan fingerprint density at radius 2 is 1.94 bits per heavy atom. The van der Waals surface area contributed by atoms with E-state index < -0.39 is 11.7 Å². The summed E-state index contributed by atoms with van der Waals surface area (Å²) in [4.78, 5) is 29.5. The number of likely N-dealkylation sites (tertiary alicyclic amines) is 1. The number of ether oxygens (including phenoxy) is 1. The number of piperidine rings is 1. The standard InChI is InChI=1S/C22H24FN5O3/c1-13(2)31-22(30)27-7-5-16(6-8-27)28-20-12-25-19(10-15(20)11-26-28)17-4-3-14(21(24)29)9-18(17)23/h3-4,9-13,16H,5-8H2,1-2H3,(H2,24,29). The van der Waals surface area contributed by atoms with Gasteiger partial charge in [-0.2, -0.15) is 5.10 Å². The second-order valence-corrected chi connectivity index (χ2v) is 7.93. The fourth-order valence-corrected chi connectivity index (χ4v) is 3.83. The number of pyridine rings is 1. The lowest BCUT2D eigenvalue weighted by Gasteiger charge is -2.32. The molecule has 0 saturated carbocycles. The number of carbonyl (C=O) groups is 2. The number of aromatic nitrogens is 3. The van der Waals surface area contributed by atoms with Crippen LogP contribution in [0.15, 0.2) is 36.7 Å². The van der Waals surface area contributed by atoms with Crippen molar-refractivity contribution < 1.29 is 18.7 Å². The second-order valence-electron chi connectivity index (χ2n) is 7.93. The van der Waals surface area contributed by atoms with Gasteiger partial charge >= 0.3 is 6.09 Å². The van der Waals surface area contributed by atoms with Gasteiger partial charge in [-0.1, -0.05) is 0 Å².